The molecule has 1 heterocycles. The Labute approximate surface area is 49.1 Å². The van der Waals surface area contributed by atoms with Crippen LogP contribution in [0.4, 0.5) is 0 Å². The molecular formula is C6H9N2. The Hall–Kier alpha value is -0.790. The van der Waals surface area contributed by atoms with Crippen LogP contribution in [-0.4, -0.2) is 9.78 Å². The van der Waals surface area contributed by atoms with E-state index < -0.39 is 0 Å². The molecule has 0 N–H and O–H groups in total. The molecule has 0 unspecified atom stereocenters. The SMILES string of the molecule is CCCn1c[c]cn1. The van der Waals surface area contributed by atoms with E-state index in [-0.39, 0.29) is 0 Å². The van der Waals surface area contributed by atoms with Gasteiger partial charge < -0.3 is 0 Å². The molecule has 0 aromatic carbocycles. The quantitative estimate of drug-likeness (QED) is 0.556. The van der Waals surface area contributed by atoms with Crippen LogP contribution in [0.25, 0.3) is 0 Å². The molecule has 0 saturated carbocycles. The second-order valence-electron chi connectivity index (χ2n) is 1.70. The highest BCUT2D eigenvalue weighted by Gasteiger charge is 1.82. The van der Waals surface area contributed by atoms with Crippen LogP contribution in [0.5, 0.6) is 0 Å². The lowest BCUT2D eigenvalue weighted by atomic mass is 10.5. The third-order valence-electron chi connectivity index (χ3n) is 0.957. The van der Waals surface area contributed by atoms with Gasteiger partial charge in [0.2, 0.25) is 0 Å². The summed E-state index contributed by atoms with van der Waals surface area (Å²) in [4.78, 5) is 0. The third-order valence-corrected chi connectivity index (χ3v) is 0.957. The Bertz CT molecular complexity index is 132. The van der Waals surface area contributed by atoms with Crippen LogP contribution in [0.2, 0.25) is 0 Å². The minimum atomic E-state index is 1.00. The van der Waals surface area contributed by atoms with Gasteiger partial charge in [-0.2, -0.15) is 5.10 Å². The van der Waals surface area contributed by atoms with Crippen LogP contribution < -0.4 is 0 Å². The third kappa shape index (κ3) is 1.09. The molecule has 0 amide bonds. The van der Waals surface area contributed by atoms with E-state index >= 15 is 0 Å². The maximum atomic E-state index is 3.97. The highest BCUT2D eigenvalue weighted by Crippen LogP contribution is 1.85. The normalized spacial score (nSPS) is 9.62. The second-order valence-corrected chi connectivity index (χ2v) is 1.70. The largest absolute Gasteiger partial charge is 0.272 e. The molecule has 0 aliphatic carbocycles. The van der Waals surface area contributed by atoms with Gasteiger partial charge in [-0.3, -0.25) is 4.68 Å². The number of aromatic nitrogens is 2. The number of hydrogen-bond acceptors (Lipinski definition) is 1. The maximum absolute atomic E-state index is 3.97. The summed E-state index contributed by atoms with van der Waals surface area (Å²) in [5.41, 5.74) is 0. The Morgan fingerprint density at radius 3 is 3.12 bits per heavy atom. The lowest BCUT2D eigenvalue weighted by Gasteiger charge is -1.92. The fourth-order valence-corrected chi connectivity index (χ4v) is 0.612. The van der Waals surface area contributed by atoms with Crippen LogP contribution in [0.1, 0.15) is 13.3 Å². The topological polar surface area (TPSA) is 17.8 Å². The minimum absolute atomic E-state index is 1.00. The molecule has 0 spiro atoms. The van der Waals surface area contributed by atoms with Crippen LogP contribution in [0.3, 0.4) is 0 Å². The molecule has 0 saturated heterocycles. The zero-order valence-electron chi connectivity index (χ0n) is 4.96. The molecule has 8 heavy (non-hydrogen) atoms. The van der Waals surface area contributed by atoms with E-state index in [1.165, 1.54) is 0 Å². The van der Waals surface area contributed by atoms with Gasteiger partial charge in [0, 0.05) is 18.8 Å². The minimum Gasteiger partial charge on any atom is -0.272 e. The van der Waals surface area contributed by atoms with Crippen molar-refractivity contribution in [2.75, 3.05) is 0 Å². The molecule has 0 bridgehead atoms. The fraction of sp³-hybridized carbons (Fsp3) is 0.500. The Morgan fingerprint density at radius 2 is 2.62 bits per heavy atom. The molecule has 1 aromatic rings. The van der Waals surface area contributed by atoms with Crippen molar-refractivity contribution in [3.05, 3.63) is 18.5 Å². The first-order chi connectivity index (χ1) is 3.93. The summed E-state index contributed by atoms with van der Waals surface area (Å²) in [5, 5.41) is 3.97. The smallest absolute Gasteiger partial charge is 0.0569 e. The molecule has 0 aliphatic rings. The van der Waals surface area contributed by atoms with Crippen molar-refractivity contribution >= 4 is 0 Å². The van der Waals surface area contributed by atoms with Crippen LogP contribution in [-0.2, 0) is 6.54 Å². The van der Waals surface area contributed by atoms with E-state index in [4.69, 9.17) is 0 Å². The molecule has 2 heteroatoms. The number of hydrogen-bond donors (Lipinski definition) is 0. The maximum Gasteiger partial charge on any atom is 0.0569 e. The van der Waals surface area contributed by atoms with E-state index in [1.807, 2.05) is 10.9 Å². The average molecular weight is 109 g/mol. The van der Waals surface area contributed by atoms with Crippen molar-refractivity contribution in [1.29, 1.82) is 0 Å². The summed E-state index contributed by atoms with van der Waals surface area (Å²) in [6.45, 7) is 3.13. The zero-order valence-corrected chi connectivity index (χ0v) is 4.96. The van der Waals surface area contributed by atoms with Gasteiger partial charge in [0.15, 0.2) is 0 Å². The molecule has 1 aromatic heterocycles. The molecule has 0 atom stereocenters. The molecule has 43 valence electrons. The van der Waals surface area contributed by atoms with E-state index in [9.17, 15) is 0 Å². The van der Waals surface area contributed by atoms with Gasteiger partial charge in [-0.1, -0.05) is 6.92 Å². The van der Waals surface area contributed by atoms with Crippen molar-refractivity contribution in [1.82, 2.24) is 9.78 Å². The summed E-state index contributed by atoms with van der Waals surface area (Å²) in [5.74, 6) is 0. The average Bonchev–Trinajstić information content (AvgIpc) is 2.19. The summed E-state index contributed by atoms with van der Waals surface area (Å²) in [7, 11) is 0. The monoisotopic (exact) mass is 109 g/mol. The highest BCUT2D eigenvalue weighted by atomic mass is 15.3. The fourth-order valence-electron chi connectivity index (χ4n) is 0.612. The molecule has 0 fully saturated rings. The van der Waals surface area contributed by atoms with E-state index in [0.717, 1.165) is 13.0 Å². The first-order valence-electron chi connectivity index (χ1n) is 2.82. The van der Waals surface area contributed by atoms with Gasteiger partial charge in [-0.15, -0.1) is 0 Å². The second kappa shape index (κ2) is 2.50. The first kappa shape index (κ1) is 5.35. The predicted molar refractivity (Wildman–Crippen MR) is 31.4 cm³/mol. The zero-order chi connectivity index (χ0) is 5.82. The number of rotatable bonds is 2. The molecule has 1 radical (unpaired) electrons. The van der Waals surface area contributed by atoms with Crippen LogP contribution >= 0.6 is 0 Å². The van der Waals surface area contributed by atoms with Crippen molar-refractivity contribution in [2.45, 2.75) is 19.9 Å². The number of aryl methyl sites for hydroxylation is 1. The lowest BCUT2D eigenvalue weighted by Crippen LogP contribution is -1.95. The molecular weight excluding hydrogens is 100 g/mol. The van der Waals surface area contributed by atoms with Crippen molar-refractivity contribution < 1.29 is 0 Å². The highest BCUT2D eigenvalue weighted by molar-refractivity contribution is 4.73. The van der Waals surface area contributed by atoms with Gasteiger partial charge in [0.05, 0.1) is 6.20 Å². The van der Waals surface area contributed by atoms with Crippen molar-refractivity contribution in [3.8, 4) is 0 Å². The molecule has 1 rings (SSSR count). The van der Waals surface area contributed by atoms with Gasteiger partial charge >= 0.3 is 0 Å². The van der Waals surface area contributed by atoms with E-state index in [2.05, 4.69) is 18.1 Å². The van der Waals surface area contributed by atoms with Gasteiger partial charge in [0.1, 0.15) is 0 Å². The summed E-state index contributed by atoms with van der Waals surface area (Å²) in [6, 6.07) is 2.87. The first-order valence-corrected chi connectivity index (χ1v) is 2.82. The van der Waals surface area contributed by atoms with Crippen molar-refractivity contribution in [3.63, 3.8) is 0 Å². The molecule has 2 nitrogen and oxygen atoms in total. The number of nitrogens with zero attached hydrogens (tertiary/aromatic N) is 2. The van der Waals surface area contributed by atoms with E-state index in [1.54, 1.807) is 6.20 Å². The summed E-state index contributed by atoms with van der Waals surface area (Å²) < 4.78 is 1.88. The Morgan fingerprint density at radius 1 is 1.75 bits per heavy atom. The Balaban J connectivity index is 2.50. The Kier molecular flexibility index (Phi) is 1.67. The van der Waals surface area contributed by atoms with Crippen LogP contribution in [0.15, 0.2) is 12.4 Å². The van der Waals surface area contributed by atoms with E-state index in [0.29, 0.717) is 0 Å². The molecule has 0 aliphatic heterocycles. The summed E-state index contributed by atoms with van der Waals surface area (Å²) in [6.07, 6.45) is 4.66. The predicted octanol–water partition coefficient (Wildman–Crippen LogP) is 1.09. The van der Waals surface area contributed by atoms with Gasteiger partial charge in [0.25, 0.3) is 0 Å². The standard InChI is InChI=1S/C6H9N2/c1-2-5-8-6-3-4-7-8/h4,6H,2,5H2,1H3. The summed E-state index contributed by atoms with van der Waals surface area (Å²) >= 11 is 0. The van der Waals surface area contributed by atoms with Gasteiger partial charge in [-0.25, -0.2) is 0 Å². The van der Waals surface area contributed by atoms with Crippen LogP contribution in [0, 0.1) is 6.07 Å². The lowest BCUT2D eigenvalue weighted by molar-refractivity contribution is 0.603. The van der Waals surface area contributed by atoms with Gasteiger partial charge in [-0.05, 0) is 6.42 Å². The van der Waals surface area contributed by atoms with Crippen molar-refractivity contribution in [2.24, 2.45) is 0 Å².